The molecule has 0 aliphatic carbocycles. The van der Waals surface area contributed by atoms with Gasteiger partial charge in [-0.3, -0.25) is 0 Å². The van der Waals surface area contributed by atoms with E-state index in [0.29, 0.717) is 0 Å². The predicted octanol–water partition coefficient (Wildman–Crippen LogP) is 2.85. The Kier molecular flexibility index (Phi) is 3.89. The van der Waals surface area contributed by atoms with Crippen molar-refractivity contribution < 1.29 is 0 Å². The number of aromatic nitrogens is 2. The maximum absolute atomic E-state index is 4.24. The lowest BCUT2D eigenvalue weighted by Gasteiger charge is -2.33. The fourth-order valence-corrected chi connectivity index (χ4v) is 1.42. The van der Waals surface area contributed by atoms with Crippen LogP contribution >= 0.6 is 31.9 Å². The van der Waals surface area contributed by atoms with Crippen molar-refractivity contribution in [2.45, 2.75) is 19.4 Å². The molecule has 1 aromatic rings. The first-order chi connectivity index (χ1) is 6.47. The van der Waals surface area contributed by atoms with E-state index in [-0.39, 0.29) is 5.54 Å². The summed E-state index contributed by atoms with van der Waals surface area (Å²) in [7, 11) is 1.99. The van der Waals surface area contributed by atoms with Gasteiger partial charge in [-0.15, -0.1) is 0 Å². The van der Waals surface area contributed by atoms with Gasteiger partial charge in [0.2, 0.25) is 5.95 Å². The summed E-state index contributed by atoms with van der Waals surface area (Å²) in [6, 6.07) is 0. The smallest absolute Gasteiger partial charge is 0.225 e. The summed E-state index contributed by atoms with van der Waals surface area (Å²) in [5.41, 5.74) is 0.00777. The molecule has 5 heteroatoms. The molecule has 0 saturated carbocycles. The third kappa shape index (κ3) is 2.67. The highest BCUT2D eigenvalue weighted by molar-refractivity contribution is 9.10. The fourth-order valence-electron chi connectivity index (χ4n) is 0.839. The number of alkyl halides is 1. The molecule has 1 aromatic heterocycles. The van der Waals surface area contributed by atoms with Crippen molar-refractivity contribution in [3.8, 4) is 0 Å². The minimum absolute atomic E-state index is 0.00777. The summed E-state index contributed by atoms with van der Waals surface area (Å²) in [5.74, 6) is 0.734. The highest BCUT2D eigenvalue weighted by Crippen LogP contribution is 2.20. The second-order valence-corrected chi connectivity index (χ2v) is 5.18. The van der Waals surface area contributed by atoms with Gasteiger partial charge in [0.15, 0.2) is 0 Å². The minimum Gasteiger partial charge on any atom is -0.338 e. The molecule has 0 saturated heterocycles. The van der Waals surface area contributed by atoms with E-state index in [0.717, 1.165) is 15.8 Å². The van der Waals surface area contributed by atoms with Crippen LogP contribution in [0.1, 0.15) is 13.8 Å². The molecule has 3 nitrogen and oxygen atoms in total. The second-order valence-electron chi connectivity index (χ2n) is 3.71. The van der Waals surface area contributed by atoms with Crippen LogP contribution in [-0.4, -0.2) is 27.9 Å². The highest BCUT2D eigenvalue weighted by Gasteiger charge is 2.23. The van der Waals surface area contributed by atoms with Crippen molar-refractivity contribution in [2.75, 3.05) is 17.3 Å². The molecule has 14 heavy (non-hydrogen) atoms. The zero-order valence-electron chi connectivity index (χ0n) is 8.46. The van der Waals surface area contributed by atoms with Gasteiger partial charge < -0.3 is 4.90 Å². The number of hydrogen-bond acceptors (Lipinski definition) is 3. The zero-order valence-corrected chi connectivity index (χ0v) is 11.6. The third-order valence-electron chi connectivity index (χ3n) is 2.14. The van der Waals surface area contributed by atoms with E-state index in [2.05, 4.69) is 55.7 Å². The number of hydrogen-bond donors (Lipinski definition) is 0. The fraction of sp³-hybridized carbons (Fsp3) is 0.556. The Labute approximate surface area is 101 Å². The largest absolute Gasteiger partial charge is 0.338 e. The summed E-state index contributed by atoms with van der Waals surface area (Å²) in [4.78, 5) is 10.5. The predicted molar refractivity (Wildman–Crippen MR) is 66.0 cm³/mol. The molecule has 0 aromatic carbocycles. The van der Waals surface area contributed by atoms with Crippen molar-refractivity contribution in [3.63, 3.8) is 0 Å². The van der Waals surface area contributed by atoms with Crippen molar-refractivity contribution >= 4 is 37.8 Å². The third-order valence-corrected chi connectivity index (χ3v) is 3.92. The molecule has 0 bridgehead atoms. The van der Waals surface area contributed by atoms with Crippen LogP contribution in [0.15, 0.2) is 16.9 Å². The van der Waals surface area contributed by atoms with Gasteiger partial charge in [-0.05, 0) is 29.8 Å². The van der Waals surface area contributed by atoms with Gasteiger partial charge in [-0.1, -0.05) is 15.9 Å². The summed E-state index contributed by atoms with van der Waals surface area (Å²) < 4.78 is 0.895. The van der Waals surface area contributed by atoms with Gasteiger partial charge in [-0.2, -0.15) is 0 Å². The molecule has 0 N–H and O–H groups in total. The molecule has 0 radical (unpaired) electrons. The molecule has 78 valence electrons. The van der Waals surface area contributed by atoms with E-state index >= 15 is 0 Å². The Balaban J connectivity index is 2.89. The van der Waals surface area contributed by atoms with E-state index in [4.69, 9.17) is 0 Å². The van der Waals surface area contributed by atoms with E-state index in [1.54, 1.807) is 12.4 Å². The summed E-state index contributed by atoms with van der Waals surface area (Å²) in [5, 5.41) is 0.871. The average molecular weight is 323 g/mol. The molecular formula is C9H13Br2N3. The van der Waals surface area contributed by atoms with Crippen LogP contribution in [0.5, 0.6) is 0 Å². The first-order valence-electron chi connectivity index (χ1n) is 4.25. The number of nitrogens with zero attached hydrogens (tertiary/aromatic N) is 3. The summed E-state index contributed by atoms with van der Waals surface area (Å²) in [6.07, 6.45) is 3.51. The van der Waals surface area contributed by atoms with Crippen LogP contribution in [0, 0.1) is 0 Å². The van der Waals surface area contributed by atoms with Gasteiger partial charge in [0, 0.05) is 30.3 Å². The van der Waals surface area contributed by atoms with Crippen LogP contribution in [-0.2, 0) is 0 Å². The normalized spacial score (nSPS) is 11.5. The SMILES string of the molecule is CN(c1ncc(Br)cn1)C(C)(C)CBr. The standard InChI is InChI=1S/C9H13Br2N3/c1-9(2,6-10)14(3)8-12-4-7(11)5-13-8/h4-5H,6H2,1-3H3. The molecule has 1 heterocycles. The number of rotatable bonds is 3. The molecule has 0 aliphatic heterocycles. The Morgan fingerprint density at radius 1 is 1.36 bits per heavy atom. The van der Waals surface area contributed by atoms with Crippen LogP contribution in [0.25, 0.3) is 0 Å². The van der Waals surface area contributed by atoms with Gasteiger partial charge >= 0.3 is 0 Å². The number of halogens is 2. The molecule has 0 spiro atoms. The van der Waals surface area contributed by atoms with Gasteiger partial charge in [0.05, 0.1) is 4.47 Å². The second kappa shape index (κ2) is 4.57. The van der Waals surface area contributed by atoms with Crippen LogP contribution < -0.4 is 4.90 Å². The monoisotopic (exact) mass is 321 g/mol. The Hall–Kier alpha value is -0.160. The minimum atomic E-state index is 0.00777. The van der Waals surface area contributed by atoms with Crippen molar-refractivity contribution in [2.24, 2.45) is 0 Å². The van der Waals surface area contributed by atoms with Crippen LogP contribution in [0.4, 0.5) is 5.95 Å². The molecular weight excluding hydrogens is 310 g/mol. The quantitative estimate of drug-likeness (QED) is 0.801. The lowest BCUT2D eigenvalue weighted by molar-refractivity contribution is 0.541. The highest BCUT2D eigenvalue weighted by atomic mass is 79.9. The molecule has 0 aliphatic rings. The lowest BCUT2D eigenvalue weighted by atomic mass is 10.1. The van der Waals surface area contributed by atoms with Crippen LogP contribution in [0.3, 0.4) is 0 Å². The van der Waals surface area contributed by atoms with E-state index in [9.17, 15) is 0 Å². The van der Waals surface area contributed by atoms with Crippen molar-refractivity contribution in [1.29, 1.82) is 0 Å². The Bertz CT molecular complexity index is 297. The van der Waals surface area contributed by atoms with E-state index in [1.165, 1.54) is 0 Å². The first kappa shape index (κ1) is 11.9. The van der Waals surface area contributed by atoms with E-state index in [1.807, 2.05) is 11.9 Å². The van der Waals surface area contributed by atoms with E-state index < -0.39 is 0 Å². The maximum Gasteiger partial charge on any atom is 0.225 e. The molecule has 0 unspecified atom stereocenters. The zero-order chi connectivity index (χ0) is 10.8. The molecule has 0 fully saturated rings. The van der Waals surface area contributed by atoms with Crippen molar-refractivity contribution in [3.05, 3.63) is 16.9 Å². The Morgan fingerprint density at radius 2 is 1.86 bits per heavy atom. The topological polar surface area (TPSA) is 29.0 Å². The van der Waals surface area contributed by atoms with Crippen molar-refractivity contribution in [1.82, 2.24) is 9.97 Å². The van der Waals surface area contributed by atoms with Crippen LogP contribution in [0.2, 0.25) is 0 Å². The van der Waals surface area contributed by atoms with Gasteiger partial charge in [0.1, 0.15) is 0 Å². The average Bonchev–Trinajstić information content (AvgIpc) is 2.18. The summed E-state index contributed by atoms with van der Waals surface area (Å²) in [6.45, 7) is 4.26. The lowest BCUT2D eigenvalue weighted by Crippen LogP contribution is -2.43. The molecule has 1 rings (SSSR count). The maximum atomic E-state index is 4.24. The molecule has 0 atom stereocenters. The number of anilines is 1. The Morgan fingerprint density at radius 3 is 2.29 bits per heavy atom. The summed E-state index contributed by atoms with van der Waals surface area (Å²) >= 11 is 6.79. The first-order valence-corrected chi connectivity index (χ1v) is 6.16. The van der Waals surface area contributed by atoms with Gasteiger partial charge in [0.25, 0.3) is 0 Å². The molecule has 0 amide bonds. The van der Waals surface area contributed by atoms with Gasteiger partial charge in [-0.25, -0.2) is 9.97 Å².